The van der Waals surface area contributed by atoms with Gasteiger partial charge in [-0.3, -0.25) is 11.7 Å². The molecule has 0 atom stereocenters. The van der Waals surface area contributed by atoms with E-state index in [4.69, 9.17) is 0 Å². The molecule has 3 heteroatoms. The maximum absolute atomic E-state index is 4.00. The van der Waals surface area contributed by atoms with E-state index >= 15 is 0 Å². The lowest BCUT2D eigenvalue weighted by molar-refractivity contribution is 0.644. The summed E-state index contributed by atoms with van der Waals surface area (Å²) in [6, 6.07) is 13.5. The predicted octanol–water partition coefficient (Wildman–Crippen LogP) is 3.92. The zero-order valence-electron chi connectivity index (χ0n) is 15.3. The average Bonchev–Trinajstić information content (AvgIpc) is 3.27. The van der Waals surface area contributed by atoms with E-state index in [9.17, 15) is 0 Å². The summed E-state index contributed by atoms with van der Waals surface area (Å²) in [5.74, 6) is 8.00. The van der Waals surface area contributed by atoms with Crippen LogP contribution in [-0.4, -0.2) is 14.1 Å². The maximum Gasteiger partial charge on any atom is 0.0409 e. The first-order chi connectivity index (χ1) is 12.2. The molecule has 0 aliphatic heterocycles. The monoisotopic (exact) mass is 333 g/mol. The molecule has 3 nitrogen and oxygen atoms in total. The van der Waals surface area contributed by atoms with Crippen LogP contribution in [0.25, 0.3) is 11.1 Å². The molecule has 0 spiro atoms. The zero-order chi connectivity index (χ0) is 18.0. The molecule has 0 amide bonds. The lowest BCUT2D eigenvalue weighted by Crippen LogP contribution is -2.24. The van der Waals surface area contributed by atoms with Crippen molar-refractivity contribution in [2.45, 2.75) is 25.2 Å². The van der Waals surface area contributed by atoms with E-state index in [1.165, 1.54) is 33.5 Å². The van der Waals surface area contributed by atoms with Crippen LogP contribution >= 0.6 is 0 Å². The molecule has 2 aliphatic rings. The summed E-state index contributed by atoms with van der Waals surface area (Å²) < 4.78 is 0. The maximum atomic E-state index is 4.00. The highest BCUT2D eigenvalue weighted by molar-refractivity contribution is 5.82. The third kappa shape index (κ3) is 2.70. The minimum Gasteiger partial charge on any atom is -0.377 e. The Balaban J connectivity index is 0.000000880. The van der Waals surface area contributed by atoms with Crippen molar-refractivity contribution >= 4 is 5.69 Å². The Morgan fingerprint density at radius 1 is 0.960 bits per heavy atom. The fourth-order valence-electron chi connectivity index (χ4n) is 4.18. The van der Waals surface area contributed by atoms with Gasteiger partial charge in [0.05, 0.1) is 0 Å². The number of rotatable bonds is 3. The van der Waals surface area contributed by atoms with E-state index < -0.39 is 0 Å². The summed E-state index contributed by atoms with van der Waals surface area (Å²) >= 11 is 0. The molecule has 0 saturated heterocycles. The highest BCUT2D eigenvalue weighted by Crippen LogP contribution is 2.48. The molecule has 2 aromatic rings. The van der Waals surface area contributed by atoms with Gasteiger partial charge < -0.3 is 4.90 Å². The van der Waals surface area contributed by atoms with Crippen molar-refractivity contribution in [3.05, 3.63) is 77.4 Å². The molecule has 4 N–H and O–H groups in total. The van der Waals surface area contributed by atoms with Crippen molar-refractivity contribution < 1.29 is 0 Å². The van der Waals surface area contributed by atoms with Crippen LogP contribution in [0.2, 0.25) is 0 Å². The number of hydrogen-bond donors (Lipinski definition) is 2. The Morgan fingerprint density at radius 2 is 1.64 bits per heavy atom. The molecule has 130 valence electrons. The summed E-state index contributed by atoms with van der Waals surface area (Å²) in [5.41, 5.74) is 8.66. The van der Waals surface area contributed by atoms with Gasteiger partial charge in [0.15, 0.2) is 0 Å². The largest absolute Gasteiger partial charge is 0.377 e. The summed E-state index contributed by atoms with van der Waals surface area (Å²) in [4.78, 5) is 2.26. The van der Waals surface area contributed by atoms with Gasteiger partial charge in [-0.25, -0.2) is 0 Å². The second kappa shape index (κ2) is 6.87. The Hall–Kier alpha value is -2.36. The predicted molar refractivity (Wildman–Crippen MR) is 108 cm³/mol. The molecule has 0 unspecified atom stereocenters. The number of fused-ring (bicyclic) bond motifs is 3. The van der Waals surface area contributed by atoms with Gasteiger partial charge in [0.2, 0.25) is 0 Å². The Labute approximate surface area is 150 Å². The van der Waals surface area contributed by atoms with Crippen LogP contribution in [-0.2, 0) is 11.8 Å². The molecule has 25 heavy (non-hydrogen) atoms. The summed E-state index contributed by atoms with van der Waals surface area (Å²) in [6.07, 6.45) is 11.3. The number of nitrogens with zero attached hydrogens (tertiary/aromatic N) is 1. The lowest BCUT2D eigenvalue weighted by Gasteiger charge is -2.32. The van der Waals surface area contributed by atoms with Gasteiger partial charge >= 0.3 is 0 Å². The number of benzene rings is 2. The van der Waals surface area contributed by atoms with E-state index in [0.717, 1.165) is 12.8 Å². The molecule has 0 heterocycles. The number of hydrogen-bond acceptors (Lipinski definition) is 3. The van der Waals surface area contributed by atoms with E-state index in [1.807, 2.05) is 0 Å². The van der Waals surface area contributed by atoms with Crippen LogP contribution in [0.1, 0.15) is 30.0 Å². The molecule has 4 rings (SSSR count). The lowest BCUT2D eigenvalue weighted by atomic mass is 9.75. The Kier molecular flexibility index (Phi) is 4.80. The number of anilines is 1. The topological polar surface area (TPSA) is 55.3 Å². The van der Waals surface area contributed by atoms with Crippen molar-refractivity contribution in [2.24, 2.45) is 11.7 Å². The second-order valence-corrected chi connectivity index (χ2v) is 6.83. The number of allylic oxidation sites excluding steroid dienone is 4. The van der Waals surface area contributed by atoms with E-state index in [1.54, 1.807) is 0 Å². The van der Waals surface area contributed by atoms with Gasteiger partial charge in [0.25, 0.3) is 0 Å². The fraction of sp³-hybridized carbons (Fsp3) is 0.273. The number of hydrazine groups is 1. The van der Waals surface area contributed by atoms with Crippen molar-refractivity contribution in [1.29, 1.82) is 0 Å². The first-order valence-electron chi connectivity index (χ1n) is 8.78. The van der Waals surface area contributed by atoms with E-state index in [2.05, 4.69) is 98.3 Å². The molecule has 0 saturated carbocycles. The number of nitrogens with two attached hydrogens (primary N) is 2. The fourth-order valence-corrected chi connectivity index (χ4v) is 4.18. The first-order valence-corrected chi connectivity index (χ1v) is 8.78. The normalized spacial score (nSPS) is 15.4. The van der Waals surface area contributed by atoms with Gasteiger partial charge in [0.1, 0.15) is 0 Å². The Morgan fingerprint density at radius 3 is 2.28 bits per heavy atom. The molecule has 2 aliphatic carbocycles. The van der Waals surface area contributed by atoms with Crippen molar-refractivity contribution in [3.8, 4) is 11.1 Å². The molecule has 0 aromatic heterocycles. The summed E-state index contributed by atoms with van der Waals surface area (Å²) in [5, 5.41) is 0. The van der Waals surface area contributed by atoms with Crippen LogP contribution in [0.5, 0.6) is 0 Å². The quantitative estimate of drug-likeness (QED) is 0.564. The van der Waals surface area contributed by atoms with Crippen LogP contribution in [0.3, 0.4) is 0 Å². The zero-order valence-corrected chi connectivity index (χ0v) is 15.3. The van der Waals surface area contributed by atoms with Crippen LogP contribution in [0.15, 0.2) is 60.7 Å². The third-order valence-corrected chi connectivity index (χ3v) is 5.40. The van der Waals surface area contributed by atoms with Gasteiger partial charge in [-0.05, 0) is 46.7 Å². The molecule has 0 radical (unpaired) electrons. The minimum atomic E-state index is 0.0347. The highest BCUT2D eigenvalue weighted by Gasteiger charge is 2.35. The molecule has 0 bridgehead atoms. The van der Waals surface area contributed by atoms with Crippen molar-refractivity contribution in [3.63, 3.8) is 0 Å². The van der Waals surface area contributed by atoms with Gasteiger partial charge in [-0.2, -0.15) is 0 Å². The molecule has 0 fully saturated rings. The highest BCUT2D eigenvalue weighted by atomic mass is 15.1. The van der Waals surface area contributed by atoms with Gasteiger partial charge in [0, 0.05) is 25.2 Å². The van der Waals surface area contributed by atoms with Crippen LogP contribution < -0.4 is 16.6 Å². The molecular formula is C22H27N3. The van der Waals surface area contributed by atoms with E-state index in [-0.39, 0.29) is 5.41 Å². The van der Waals surface area contributed by atoms with Gasteiger partial charge in [-0.1, -0.05) is 61.6 Å². The first kappa shape index (κ1) is 17.5. The second-order valence-electron chi connectivity index (χ2n) is 6.83. The molecular weight excluding hydrogens is 306 g/mol. The SMILES string of the molecule is CCC1(c2c(N(C)C)ccc3c2Cc2ccccc2-3)C=CC=C1.NN. The molecule has 2 aromatic carbocycles. The standard InChI is InChI=1S/C22H23N.H4N2/c1-4-22(13-7-8-14-22)21-19-15-16-9-5-6-10-17(16)18(19)11-12-20(21)23(2)3;1-2/h5-14H,4,15H2,1-3H3;1-2H2. The minimum absolute atomic E-state index is 0.0347. The average molecular weight is 333 g/mol. The van der Waals surface area contributed by atoms with Crippen molar-refractivity contribution in [1.82, 2.24) is 0 Å². The van der Waals surface area contributed by atoms with Crippen LogP contribution in [0, 0.1) is 0 Å². The Bertz CT molecular complexity index is 819. The summed E-state index contributed by atoms with van der Waals surface area (Å²) in [6.45, 7) is 2.29. The third-order valence-electron chi connectivity index (χ3n) is 5.40. The smallest absolute Gasteiger partial charge is 0.0409 e. The summed E-state index contributed by atoms with van der Waals surface area (Å²) in [7, 11) is 4.30. The van der Waals surface area contributed by atoms with Gasteiger partial charge in [-0.15, -0.1) is 0 Å². The van der Waals surface area contributed by atoms with Crippen molar-refractivity contribution in [2.75, 3.05) is 19.0 Å². The van der Waals surface area contributed by atoms with Crippen LogP contribution in [0.4, 0.5) is 5.69 Å². The van der Waals surface area contributed by atoms with E-state index in [0.29, 0.717) is 0 Å².